The molecule has 8 heteroatoms. The summed E-state index contributed by atoms with van der Waals surface area (Å²) < 4.78 is 18.9. The predicted octanol–water partition coefficient (Wildman–Crippen LogP) is 3.05. The number of piperazine rings is 1. The Morgan fingerprint density at radius 3 is 2.37 bits per heavy atom. The van der Waals surface area contributed by atoms with E-state index in [2.05, 4.69) is 26.4 Å². The maximum atomic E-state index is 13.1. The fraction of sp³-hybridized carbons (Fsp3) is 0.632. The molecule has 0 bridgehead atoms. The Morgan fingerprint density at radius 2 is 1.81 bits per heavy atom. The number of halogens is 2. The number of hydrogen-bond acceptors (Lipinski definition) is 4. The minimum atomic E-state index is -0.187. The first kappa shape index (κ1) is 22.5. The number of nitrogens with zero attached hydrogens (tertiary/aromatic N) is 3. The van der Waals surface area contributed by atoms with E-state index in [0.717, 1.165) is 70.4 Å². The smallest absolute Gasteiger partial charge is 0.193 e. The normalized spacial score (nSPS) is 20.2. The third-order valence-electron chi connectivity index (χ3n) is 5.39. The number of aliphatic imine (C=N–C) groups is 1. The molecule has 27 heavy (non-hydrogen) atoms. The minimum Gasteiger partial charge on any atom is -0.381 e. The first-order valence-corrected chi connectivity index (χ1v) is 10.5. The number of hydrogen-bond donors (Lipinski definition) is 1. The zero-order valence-corrected chi connectivity index (χ0v) is 19.3. The molecule has 0 aliphatic carbocycles. The van der Waals surface area contributed by atoms with Gasteiger partial charge >= 0.3 is 0 Å². The second kappa shape index (κ2) is 10.7. The molecule has 0 radical (unpaired) electrons. The molecule has 0 saturated carbocycles. The van der Waals surface area contributed by atoms with Crippen molar-refractivity contribution in [1.29, 1.82) is 0 Å². The fourth-order valence-corrected chi connectivity index (χ4v) is 4.39. The van der Waals surface area contributed by atoms with Crippen LogP contribution in [0.1, 0.15) is 12.8 Å². The lowest BCUT2D eigenvalue weighted by Gasteiger charge is -2.40. The SMILES string of the molecule is CN=C(NCC1(SC)CCOCC1)N1CCN(c2ccc(F)cc2)CC1.I. The van der Waals surface area contributed by atoms with Crippen LogP contribution < -0.4 is 10.2 Å². The third-order valence-corrected chi connectivity index (χ3v) is 6.81. The van der Waals surface area contributed by atoms with E-state index in [-0.39, 0.29) is 34.5 Å². The monoisotopic (exact) mass is 508 g/mol. The van der Waals surface area contributed by atoms with Gasteiger partial charge in [-0.1, -0.05) is 0 Å². The van der Waals surface area contributed by atoms with Crippen molar-refractivity contribution in [2.75, 3.05) is 64.1 Å². The Labute approximate surface area is 183 Å². The number of benzene rings is 1. The highest BCUT2D eigenvalue weighted by molar-refractivity contribution is 14.0. The van der Waals surface area contributed by atoms with Gasteiger partial charge in [0.05, 0.1) is 0 Å². The molecule has 0 spiro atoms. The summed E-state index contributed by atoms with van der Waals surface area (Å²) in [7, 11) is 1.85. The van der Waals surface area contributed by atoms with Crippen molar-refractivity contribution in [2.24, 2.45) is 4.99 Å². The molecule has 0 atom stereocenters. The largest absolute Gasteiger partial charge is 0.381 e. The summed E-state index contributed by atoms with van der Waals surface area (Å²) in [5.74, 6) is 0.788. The number of anilines is 1. The Bertz CT molecular complexity index is 602. The molecule has 2 fully saturated rings. The van der Waals surface area contributed by atoms with E-state index in [1.165, 1.54) is 12.1 Å². The zero-order chi connectivity index (χ0) is 18.4. The van der Waals surface area contributed by atoms with Crippen molar-refractivity contribution in [3.8, 4) is 0 Å². The maximum Gasteiger partial charge on any atom is 0.193 e. The summed E-state index contributed by atoms with van der Waals surface area (Å²) >= 11 is 1.94. The molecule has 1 aromatic rings. The van der Waals surface area contributed by atoms with Crippen LogP contribution in [-0.4, -0.2) is 74.8 Å². The summed E-state index contributed by atoms with van der Waals surface area (Å²) in [6, 6.07) is 6.76. The van der Waals surface area contributed by atoms with E-state index in [1.54, 1.807) is 0 Å². The summed E-state index contributed by atoms with van der Waals surface area (Å²) in [6.45, 7) is 6.25. The molecule has 0 amide bonds. The van der Waals surface area contributed by atoms with Crippen LogP contribution in [0.25, 0.3) is 0 Å². The number of guanidine groups is 1. The standard InChI is InChI=1S/C19H29FN4OS.HI/c1-21-18(22-15-19(26-2)7-13-25-14-8-19)24-11-9-23(10-12-24)17-5-3-16(20)4-6-17;/h3-6H,7-15H2,1-2H3,(H,21,22);1H. The van der Waals surface area contributed by atoms with Gasteiger partial charge in [-0.2, -0.15) is 11.8 Å². The molecule has 2 aliphatic heterocycles. The summed E-state index contributed by atoms with van der Waals surface area (Å²) in [5, 5.41) is 3.59. The van der Waals surface area contributed by atoms with E-state index in [4.69, 9.17) is 4.74 Å². The summed E-state index contributed by atoms with van der Waals surface area (Å²) in [6.07, 6.45) is 4.35. The van der Waals surface area contributed by atoms with Gasteiger partial charge in [-0.3, -0.25) is 4.99 Å². The quantitative estimate of drug-likeness (QED) is 0.385. The van der Waals surface area contributed by atoms with Crippen molar-refractivity contribution in [2.45, 2.75) is 17.6 Å². The first-order valence-electron chi connectivity index (χ1n) is 9.25. The fourth-order valence-electron chi connectivity index (χ4n) is 3.60. The van der Waals surface area contributed by atoms with Crippen molar-refractivity contribution in [1.82, 2.24) is 10.2 Å². The topological polar surface area (TPSA) is 40.1 Å². The second-order valence-corrected chi connectivity index (χ2v) is 8.13. The van der Waals surface area contributed by atoms with Gasteiger partial charge in [-0.05, 0) is 43.4 Å². The molecular formula is C19H30FIN4OS. The molecule has 5 nitrogen and oxygen atoms in total. The average molecular weight is 508 g/mol. The zero-order valence-electron chi connectivity index (χ0n) is 16.1. The number of thioether (sulfide) groups is 1. The molecule has 152 valence electrons. The van der Waals surface area contributed by atoms with Crippen molar-refractivity contribution in [3.05, 3.63) is 30.1 Å². The van der Waals surface area contributed by atoms with E-state index in [1.807, 2.05) is 30.9 Å². The van der Waals surface area contributed by atoms with E-state index >= 15 is 0 Å². The highest BCUT2D eigenvalue weighted by Crippen LogP contribution is 2.33. The predicted molar refractivity (Wildman–Crippen MR) is 123 cm³/mol. The van der Waals surface area contributed by atoms with Gasteiger partial charge < -0.3 is 19.9 Å². The van der Waals surface area contributed by atoms with E-state index in [0.29, 0.717) is 0 Å². The molecule has 0 aromatic heterocycles. The maximum absolute atomic E-state index is 13.1. The van der Waals surface area contributed by atoms with Gasteiger partial charge in [0.2, 0.25) is 0 Å². The van der Waals surface area contributed by atoms with Crippen molar-refractivity contribution < 1.29 is 9.13 Å². The molecular weight excluding hydrogens is 478 g/mol. The van der Waals surface area contributed by atoms with Gasteiger partial charge in [0.1, 0.15) is 5.82 Å². The molecule has 2 aliphatic rings. The molecule has 2 saturated heterocycles. The van der Waals surface area contributed by atoms with Gasteiger partial charge in [0, 0.05) is 63.4 Å². The third kappa shape index (κ3) is 5.87. The van der Waals surface area contributed by atoms with Gasteiger partial charge in [0.25, 0.3) is 0 Å². The highest BCUT2D eigenvalue weighted by atomic mass is 127. The minimum absolute atomic E-state index is 0. The molecule has 1 aromatic carbocycles. The van der Waals surface area contributed by atoms with Crippen LogP contribution in [0, 0.1) is 5.82 Å². The first-order chi connectivity index (χ1) is 12.7. The Morgan fingerprint density at radius 1 is 1.19 bits per heavy atom. The average Bonchev–Trinajstić information content (AvgIpc) is 2.70. The van der Waals surface area contributed by atoms with Gasteiger partial charge in [-0.15, -0.1) is 24.0 Å². The van der Waals surface area contributed by atoms with Crippen LogP contribution in [-0.2, 0) is 4.74 Å². The van der Waals surface area contributed by atoms with Gasteiger partial charge in [-0.25, -0.2) is 4.39 Å². The van der Waals surface area contributed by atoms with Gasteiger partial charge in [0.15, 0.2) is 5.96 Å². The summed E-state index contributed by atoms with van der Waals surface area (Å²) in [5.41, 5.74) is 1.08. The van der Waals surface area contributed by atoms with E-state index in [9.17, 15) is 4.39 Å². The summed E-state index contributed by atoms with van der Waals surface area (Å²) in [4.78, 5) is 9.10. The van der Waals surface area contributed by atoms with Crippen molar-refractivity contribution in [3.63, 3.8) is 0 Å². The Kier molecular flexibility index (Phi) is 8.94. The number of ether oxygens (including phenoxy) is 1. The number of rotatable bonds is 4. The lowest BCUT2D eigenvalue weighted by atomic mass is 9.99. The van der Waals surface area contributed by atoms with Crippen LogP contribution in [0.4, 0.5) is 10.1 Å². The van der Waals surface area contributed by atoms with Crippen LogP contribution >= 0.6 is 35.7 Å². The van der Waals surface area contributed by atoms with Crippen LogP contribution in [0.3, 0.4) is 0 Å². The lowest BCUT2D eigenvalue weighted by molar-refractivity contribution is 0.0781. The number of nitrogens with one attached hydrogen (secondary N) is 1. The molecule has 2 heterocycles. The Hall–Kier alpha value is -0.740. The van der Waals surface area contributed by atoms with Crippen LogP contribution in [0.2, 0.25) is 0 Å². The molecule has 1 N–H and O–H groups in total. The Balaban J connectivity index is 0.00000261. The van der Waals surface area contributed by atoms with Crippen LogP contribution in [0.5, 0.6) is 0 Å². The highest BCUT2D eigenvalue weighted by Gasteiger charge is 2.32. The molecule has 0 unspecified atom stereocenters. The van der Waals surface area contributed by atoms with Crippen molar-refractivity contribution >= 4 is 47.4 Å². The van der Waals surface area contributed by atoms with E-state index < -0.39 is 0 Å². The molecule has 3 rings (SSSR count). The lowest BCUT2D eigenvalue weighted by Crippen LogP contribution is -2.55. The van der Waals surface area contributed by atoms with Crippen LogP contribution in [0.15, 0.2) is 29.3 Å². The second-order valence-electron chi connectivity index (χ2n) is 6.85.